The smallest absolute Gasteiger partial charge is 0.0641 e. The van der Waals surface area contributed by atoms with Crippen LogP contribution in [0.25, 0.3) is 0 Å². The summed E-state index contributed by atoms with van der Waals surface area (Å²) >= 11 is 1.77. The van der Waals surface area contributed by atoms with Gasteiger partial charge in [-0.3, -0.25) is 0 Å². The number of nitrogens with zero attached hydrogens (tertiary/aromatic N) is 1. The third-order valence-corrected chi connectivity index (χ3v) is 4.35. The summed E-state index contributed by atoms with van der Waals surface area (Å²) < 4.78 is 0. The van der Waals surface area contributed by atoms with Crippen molar-refractivity contribution >= 4 is 11.3 Å². The van der Waals surface area contributed by atoms with Crippen LogP contribution >= 0.6 is 11.3 Å². The Kier molecular flexibility index (Phi) is 5.34. The van der Waals surface area contributed by atoms with Gasteiger partial charge >= 0.3 is 0 Å². The van der Waals surface area contributed by atoms with Crippen LogP contribution in [0.4, 0.5) is 0 Å². The summed E-state index contributed by atoms with van der Waals surface area (Å²) in [7, 11) is 0. The molecule has 3 heteroatoms. The van der Waals surface area contributed by atoms with E-state index in [1.165, 1.54) is 10.4 Å². The lowest BCUT2D eigenvalue weighted by molar-refractivity contribution is 0.369. The van der Waals surface area contributed by atoms with Gasteiger partial charge in [-0.05, 0) is 22.9 Å². The summed E-state index contributed by atoms with van der Waals surface area (Å²) in [4.78, 5) is 1.33. The van der Waals surface area contributed by atoms with E-state index >= 15 is 0 Å². The second-order valence-corrected chi connectivity index (χ2v) is 6.21. The molecule has 1 N–H and O–H groups in total. The molecule has 2 nitrogen and oxygen atoms in total. The average Bonchev–Trinajstić information content (AvgIpc) is 2.97. The first-order valence-corrected chi connectivity index (χ1v) is 7.81. The van der Waals surface area contributed by atoms with Crippen LogP contribution < -0.4 is 5.32 Å². The quantitative estimate of drug-likeness (QED) is 0.835. The maximum Gasteiger partial charge on any atom is 0.0641 e. The van der Waals surface area contributed by atoms with Crippen molar-refractivity contribution < 1.29 is 0 Å². The molecule has 2 aromatic rings. The fraction of sp³-hybridized carbons (Fsp3) is 0.353. The zero-order valence-electron chi connectivity index (χ0n) is 11.9. The lowest BCUT2D eigenvalue weighted by atomic mass is 9.98. The zero-order chi connectivity index (χ0) is 14.4. The second kappa shape index (κ2) is 7.23. The number of nitrogens with one attached hydrogen (secondary N) is 1. The molecule has 2 atom stereocenters. The monoisotopic (exact) mass is 284 g/mol. The summed E-state index contributed by atoms with van der Waals surface area (Å²) in [6.45, 7) is 4.43. The van der Waals surface area contributed by atoms with Gasteiger partial charge in [-0.1, -0.05) is 50.2 Å². The van der Waals surface area contributed by atoms with Crippen LogP contribution in [0.2, 0.25) is 0 Å². The normalized spacial score (nSPS) is 13.9. The van der Waals surface area contributed by atoms with Crippen LogP contribution in [-0.4, -0.2) is 0 Å². The molecule has 0 saturated heterocycles. The number of benzene rings is 1. The SMILES string of the molecule is CC(C)C(NC(CC#N)c1ccccc1)c1cccs1. The van der Waals surface area contributed by atoms with Gasteiger partial charge in [-0.25, -0.2) is 0 Å². The molecule has 2 rings (SSSR count). The van der Waals surface area contributed by atoms with E-state index in [4.69, 9.17) is 5.26 Å². The van der Waals surface area contributed by atoms with Gasteiger partial charge in [0.2, 0.25) is 0 Å². The van der Waals surface area contributed by atoms with Gasteiger partial charge < -0.3 is 5.32 Å². The van der Waals surface area contributed by atoms with Crippen LogP contribution in [0.1, 0.15) is 42.8 Å². The van der Waals surface area contributed by atoms with Gasteiger partial charge in [-0.2, -0.15) is 5.26 Å². The minimum atomic E-state index is 0.0794. The lowest BCUT2D eigenvalue weighted by Gasteiger charge is -2.27. The van der Waals surface area contributed by atoms with E-state index in [1.807, 2.05) is 18.2 Å². The summed E-state index contributed by atoms with van der Waals surface area (Å²) in [5, 5.41) is 14.9. The molecular formula is C17H20N2S. The first-order chi connectivity index (χ1) is 9.72. The van der Waals surface area contributed by atoms with Crippen LogP contribution in [0.3, 0.4) is 0 Å². The van der Waals surface area contributed by atoms with Crippen LogP contribution in [0.5, 0.6) is 0 Å². The Labute approximate surface area is 125 Å². The standard InChI is InChI=1S/C17H20N2S/c1-13(2)17(16-9-6-12-20-16)19-15(10-11-18)14-7-4-3-5-8-14/h3-9,12-13,15,17,19H,10H2,1-2H3. The summed E-state index contributed by atoms with van der Waals surface area (Å²) in [6, 6.07) is 17.1. The Hall–Kier alpha value is -1.63. The van der Waals surface area contributed by atoms with Gasteiger partial charge in [-0.15, -0.1) is 11.3 Å². The molecule has 0 amide bonds. The van der Waals surface area contributed by atoms with Gasteiger partial charge in [0.05, 0.1) is 12.5 Å². The van der Waals surface area contributed by atoms with Gasteiger partial charge in [0.1, 0.15) is 0 Å². The van der Waals surface area contributed by atoms with E-state index in [-0.39, 0.29) is 12.1 Å². The maximum absolute atomic E-state index is 9.09. The van der Waals surface area contributed by atoms with Crippen molar-refractivity contribution in [3.8, 4) is 6.07 Å². The van der Waals surface area contributed by atoms with E-state index in [2.05, 4.69) is 54.9 Å². The third-order valence-electron chi connectivity index (χ3n) is 3.39. The number of hydrogen-bond donors (Lipinski definition) is 1. The van der Waals surface area contributed by atoms with Gasteiger partial charge in [0, 0.05) is 17.0 Å². The molecule has 20 heavy (non-hydrogen) atoms. The third kappa shape index (κ3) is 3.69. The molecule has 0 bridgehead atoms. The van der Waals surface area contributed by atoms with Crippen molar-refractivity contribution in [2.45, 2.75) is 32.4 Å². The molecule has 0 aliphatic carbocycles. The van der Waals surface area contributed by atoms with Gasteiger partial charge in [0.15, 0.2) is 0 Å². The highest BCUT2D eigenvalue weighted by Crippen LogP contribution is 2.29. The van der Waals surface area contributed by atoms with E-state index in [1.54, 1.807) is 11.3 Å². The fourth-order valence-electron chi connectivity index (χ4n) is 2.34. The van der Waals surface area contributed by atoms with Crippen molar-refractivity contribution in [3.05, 3.63) is 58.3 Å². The van der Waals surface area contributed by atoms with Gasteiger partial charge in [0.25, 0.3) is 0 Å². The Morgan fingerprint density at radius 3 is 2.45 bits per heavy atom. The largest absolute Gasteiger partial charge is 0.301 e. The summed E-state index contributed by atoms with van der Waals surface area (Å²) in [5.74, 6) is 0.485. The molecule has 0 aliphatic rings. The van der Waals surface area contributed by atoms with E-state index in [0.29, 0.717) is 12.3 Å². The van der Waals surface area contributed by atoms with E-state index in [9.17, 15) is 0 Å². The molecule has 1 aromatic heterocycles. The van der Waals surface area contributed by atoms with E-state index in [0.717, 1.165) is 0 Å². The Morgan fingerprint density at radius 1 is 1.15 bits per heavy atom. The molecule has 0 radical (unpaired) electrons. The highest BCUT2D eigenvalue weighted by molar-refractivity contribution is 7.10. The second-order valence-electron chi connectivity index (χ2n) is 5.23. The topological polar surface area (TPSA) is 35.8 Å². The summed E-state index contributed by atoms with van der Waals surface area (Å²) in [6.07, 6.45) is 0.485. The number of thiophene rings is 1. The molecule has 104 valence electrons. The van der Waals surface area contributed by atoms with Crippen LogP contribution in [0.15, 0.2) is 47.8 Å². The Morgan fingerprint density at radius 2 is 1.90 bits per heavy atom. The van der Waals surface area contributed by atoms with Crippen molar-refractivity contribution in [3.63, 3.8) is 0 Å². The van der Waals surface area contributed by atoms with Crippen LogP contribution in [0, 0.1) is 17.2 Å². The molecule has 0 saturated carbocycles. The minimum Gasteiger partial charge on any atom is -0.301 e. The molecule has 0 spiro atoms. The molecule has 2 unspecified atom stereocenters. The van der Waals surface area contributed by atoms with Crippen molar-refractivity contribution in [2.24, 2.45) is 5.92 Å². The predicted octanol–water partition coefficient (Wildman–Crippen LogP) is 4.69. The minimum absolute atomic E-state index is 0.0794. The maximum atomic E-state index is 9.09. The number of nitriles is 1. The van der Waals surface area contributed by atoms with Crippen LogP contribution in [-0.2, 0) is 0 Å². The molecule has 0 fully saturated rings. The molecule has 0 aliphatic heterocycles. The first-order valence-electron chi connectivity index (χ1n) is 6.93. The average molecular weight is 284 g/mol. The predicted molar refractivity (Wildman–Crippen MR) is 84.4 cm³/mol. The number of rotatable bonds is 6. The highest BCUT2D eigenvalue weighted by atomic mass is 32.1. The zero-order valence-corrected chi connectivity index (χ0v) is 12.7. The van der Waals surface area contributed by atoms with Crippen molar-refractivity contribution in [2.75, 3.05) is 0 Å². The Balaban J connectivity index is 2.20. The fourth-order valence-corrected chi connectivity index (χ4v) is 3.30. The lowest BCUT2D eigenvalue weighted by Crippen LogP contribution is -2.29. The molecule has 1 heterocycles. The summed E-state index contributed by atoms with van der Waals surface area (Å²) in [5.41, 5.74) is 1.18. The molecular weight excluding hydrogens is 264 g/mol. The van der Waals surface area contributed by atoms with E-state index < -0.39 is 0 Å². The Bertz CT molecular complexity index is 540. The first kappa shape index (κ1) is 14.8. The number of hydrogen-bond acceptors (Lipinski definition) is 3. The highest BCUT2D eigenvalue weighted by Gasteiger charge is 2.21. The van der Waals surface area contributed by atoms with Crippen molar-refractivity contribution in [1.29, 1.82) is 5.26 Å². The van der Waals surface area contributed by atoms with Crippen molar-refractivity contribution in [1.82, 2.24) is 5.32 Å². The molecule has 1 aromatic carbocycles.